The van der Waals surface area contributed by atoms with Crippen LogP contribution in [0.2, 0.25) is 0 Å². The fourth-order valence-electron chi connectivity index (χ4n) is 2.90. The van der Waals surface area contributed by atoms with Gasteiger partial charge in [0.25, 0.3) is 0 Å². The molecule has 2 atom stereocenters. The Hall–Kier alpha value is -0.620. The van der Waals surface area contributed by atoms with Crippen molar-refractivity contribution in [1.82, 2.24) is 0 Å². The minimum atomic E-state index is -0.671. The van der Waals surface area contributed by atoms with E-state index in [2.05, 4.69) is 5.92 Å². The van der Waals surface area contributed by atoms with E-state index < -0.39 is 10.8 Å². The first-order chi connectivity index (χ1) is 7.72. The Morgan fingerprint density at radius 1 is 1.31 bits per heavy atom. The molecule has 2 fully saturated rings. The van der Waals surface area contributed by atoms with Gasteiger partial charge in [-0.15, -0.1) is 12.3 Å². The molecule has 0 aromatic rings. The highest BCUT2D eigenvalue weighted by Crippen LogP contribution is 2.37. The molecule has 0 aromatic carbocycles. The second-order valence-corrected chi connectivity index (χ2v) is 6.83. The fourth-order valence-corrected chi connectivity index (χ4v) is 5.08. The van der Waals surface area contributed by atoms with Gasteiger partial charge >= 0.3 is 0 Å². The highest BCUT2D eigenvalue weighted by Gasteiger charge is 2.39. The van der Waals surface area contributed by atoms with Crippen molar-refractivity contribution in [3.05, 3.63) is 0 Å². The van der Waals surface area contributed by atoms with Gasteiger partial charge in [0.1, 0.15) is 5.78 Å². The molecule has 2 aliphatic rings. The summed E-state index contributed by atoms with van der Waals surface area (Å²) < 4.78 is 12.0. The molecule has 0 saturated carbocycles. The van der Waals surface area contributed by atoms with E-state index in [0.717, 1.165) is 25.7 Å². The summed E-state index contributed by atoms with van der Waals surface area (Å²) >= 11 is 0. The van der Waals surface area contributed by atoms with Gasteiger partial charge in [-0.3, -0.25) is 9.00 Å². The van der Waals surface area contributed by atoms with Crippen molar-refractivity contribution < 1.29 is 9.00 Å². The molecular formula is C13H18O2S. The van der Waals surface area contributed by atoms with Crippen molar-refractivity contribution in [3.8, 4) is 12.3 Å². The van der Waals surface area contributed by atoms with Crippen molar-refractivity contribution in [2.75, 3.05) is 0 Å². The van der Waals surface area contributed by atoms with Gasteiger partial charge in [0.2, 0.25) is 0 Å². The molecule has 2 unspecified atom stereocenters. The van der Waals surface area contributed by atoms with Crippen molar-refractivity contribution in [2.24, 2.45) is 5.92 Å². The summed E-state index contributed by atoms with van der Waals surface area (Å²) in [7, 11) is -0.671. The number of terminal acetylenes is 1. The molecule has 0 aromatic heterocycles. The highest BCUT2D eigenvalue weighted by atomic mass is 32.2. The SMILES string of the molecule is C#CCCC(=O)C1CC2CCCC(C1)S2=O. The van der Waals surface area contributed by atoms with Crippen molar-refractivity contribution in [2.45, 2.75) is 55.4 Å². The van der Waals surface area contributed by atoms with Crippen molar-refractivity contribution in [1.29, 1.82) is 0 Å². The maximum absolute atomic E-state index is 12.0. The highest BCUT2D eigenvalue weighted by molar-refractivity contribution is 7.86. The van der Waals surface area contributed by atoms with Gasteiger partial charge in [0.05, 0.1) is 0 Å². The second kappa shape index (κ2) is 5.14. The monoisotopic (exact) mass is 238 g/mol. The van der Waals surface area contributed by atoms with Crippen molar-refractivity contribution >= 4 is 16.6 Å². The number of rotatable bonds is 3. The van der Waals surface area contributed by atoms with E-state index in [-0.39, 0.29) is 16.4 Å². The van der Waals surface area contributed by atoms with E-state index in [1.54, 1.807) is 0 Å². The van der Waals surface area contributed by atoms with E-state index in [1.165, 1.54) is 6.42 Å². The Morgan fingerprint density at radius 3 is 2.50 bits per heavy atom. The van der Waals surface area contributed by atoms with Gasteiger partial charge in [0.15, 0.2) is 0 Å². The molecule has 0 spiro atoms. The lowest BCUT2D eigenvalue weighted by atomic mass is 9.85. The smallest absolute Gasteiger partial charge is 0.137 e. The summed E-state index contributed by atoms with van der Waals surface area (Å²) in [4.78, 5) is 11.9. The Balaban J connectivity index is 1.97. The largest absolute Gasteiger partial charge is 0.299 e. The van der Waals surface area contributed by atoms with E-state index in [4.69, 9.17) is 6.42 Å². The summed E-state index contributed by atoms with van der Waals surface area (Å²) in [6.45, 7) is 0. The number of ketones is 1. The third-order valence-corrected chi connectivity index (χ3v) is 5.95. The van der Waals surface area contributed by atoms with Crippen LogP contribution in [0.3, 0.4) is 0 Å². The number of carbonyl (C=O) groups excluding carboxylic acids is 1. The molecule has 0 N–H and O–H groups in total. The van der Waals surface area contributed by atoms with Gasteiger partial charge in [-0.1, -0.05) is 6.42 Å². The topological polar surface area (TPSA) is 34.1 Å². The molecule has 2 heterocycles. The first-order valence-electron chi connectivity index (χ1n) is 6.08. The third-order valence-electron chi connectivity index (χ3n) is 3.78. The molecule has 2 rings (SSSR count). The molecule has 2 aliphatic heterocycles. The zero-order valence-corrected chi connectivity index (χ0v) is 10.3. The zero-order chi connectivity index (χ0) is 11.5. The minimum absolute atomic E-state index is 0.140. The molecule has 88 valence electrons. The van der Waals surface area contributed by atoms with Crippen LogP contribution in [0, 0.1) is 18.3 Å². The molecule has 16 heavy (non-hydrogen) atoms. The summed E-state index contributed by atoms with van der Waals surface area (Å²) in [5.74, 6) is 2.95. The normalized spacial score (nSPS) is 37.7. The molecule has 0 radical (unpaired) electrons. The lowest BCUT2D eigenvalue weighted by Crippen LogP contribution is -2.41. The summed E-state index contributed by atoms with van der Waals surface area (Å²) in [6.07, 6.45) is 11.2. The molecule has 2 nitrogen and oxygen atoms in total. The van der Waals surface area contributed by atoms with E-state index in [0.29, 0.717) is 18.6 Å². The van der Waals surface area contributed by atoms with Gasteiger partial charge < -0.3 is 0 Å². The Morgan fingerprint density at radius 2 is 1.94 bits per heavy atom. The van der Waals surface area contributed by atoms with E-state index >= 15 is 0 Å². The predicted molar refractivity (Wildman–Crippen MR) is 65.4 cm³/mol. The van der Waals surface area contributed by atoms with Gasteiger partial charge in [0, 0.05) is 40.1 Å². The number of carbonyl (C=O) groups is 1. The molecular weight excluding hydrogens is 220 g/mol. The molecule has 2 bridgehead atoms. The predicted octanol–water partition coefficient (Wildman–Crippen LogP) is 2.05. The van der Waals surface area contributed by atoms with Crippen LogP contribution in [0.15, 0.2) is 0 Å². The maximum Gasteiger partial charge on any atom is 0.137 e. The van der Waals surface area contributed by atoms with E-state index in [1.807, 2.05) is 0 Å². The van der Waals surface area contributed by atoms with Crippen LogP contribution >= 0.6 is 0 Å². The number of Topliss-reactive ketones (excluding diaryl/α,β-unsaturated/α-hetero) is 1. The number of hydrogen-bond acceptors (Lipinski definition) is 2. The van der Waals surface area contributed by atoms with Gasteiger partial charge in [-0.05, 0) is 25.7 Å². The number of hydrogen-bond donors (Lipinski definition) is 0. The van der Waals surface area contributed by atoms with Crippen LogP contribution < -0.4 is 0 Å². The maximum atomic E-state index is 12.0. The minimum Gasteiger partial charge on any atom is -0.299 e. The molecule has 0 amide bonds. The second-order valence-electron chi connectivity index (χ2n) is 4.84. The van der Waals surface area contributed by atoms with Crippen LogP contribution in [-0.4, -0.2) is 20.5 Å². The Kier molecular flexibility index (Phi) is 3.81. The average Bonchev–Trinajstić information content (AvgIpc) is 2.25. The zero-order valence-electron chi connectivity index (χ0n) is 9.48. The average molecular weight is 238 g/mol. The first-order valence-corrected chi connectivity index (χ1v) is 7.35. The summed E-state index contributed by atoms with van der Waals surface area (Å²) in [5.41, 5.74) is 0. The molecule has 3 heteroatoms. The quantitative estimate of drug-likeness (QED) is 0.705. The standard InChI is InChI=1S/C13H18O2S/c1-2-3-7-13(14)10-8-11-5-4-6-12(9-10)16(11)15/h1,10-12H,3-9H2. The van der Waals surface area contributed by atoms with Crippen molar-refractivity contribution in [3.63, 3.8) is 0 Å². The van der Waals surface area contributed by atoms with Crippen LogP contribution in [0.4, 0.5) is 0 Å². The lowest BCUT2D eigenvalue weighted by Gasteiger charge is -2.37. The Labute approximate surface area is 99.6 Å². The van der Waals surface area contributed by atoms with Crippen LogP contribution in [-0.2, 0) is 15.6 Å². The molecule has 0 aliphatic carbocycles. The first kappa shape index (κ1) is 11.9. The van der Waals surface area contributed by atoms with E-state index in [9.17, 15) is 9.00 Å². The van der Waals surface area contributed by atoms with Crippen LogP contribution in [0.25, 0.3) is 0 Å². The third kappa shape index (κ3) is 2.38. The lowest BCUT2D eigenvalue weighted by molar-refractivity contribution is -0.123. The molecule has 2 saturated heterocycles. The Bertz CT molecular complexity index is 326. The fraction of sp³-hybridized carbons (Fsp3) is 0.769. The van der Waals surface area contributed by atoms with Crippen LogP contribution in [0.5, 0.6) is 0 Å². The van der Waals surface area contributed by atoms with Crippen LogP contribution in [0.1, 0.15) is 44.9 Å². The summed E-state index contributed by atoms with van der Waals surface area (Å²) in [5, 5.41) is 0.569. The van der Waals surface area contributed by atoms with Gasteiger partial charge in [-0.2, -0.15) is 0 Å². The summed E-state index contributed by atoms with van der Waals surface area (Å²) in [6, 6.07) is 0. The van der Waals surface area contributed by atoms with Gasteiger partial charge in [-0.25, -0.2) is 0 Å². The number of fused-ring (bicyclic) bond motifs is 2.